The number of hydrogen-bond donors (Lipinski definition) is 2. The SMILES string of the molecule is CCC/C=C/c1ccc(OCC(O)CN2CCNC(=O)C2)c2ccccc12. The molecule has 1 unspecified atom stereocenters. The van der Waals surface area contributed by atoms with E-state index in [9.17, 15) is 9.90 Å². The van der Waals surface area contributed by atoms with Crippen LogP contribution in [-0.4, -0.2) is 54.8 Å². The highest BCUT2D eigenvalue weighted by molar-refractivity contribution is 5.94. The van der Waals surface area contributed by atoms with Crippen LogP contribution in [0.25, 0.3) is 16.8 Å². The summed E-state index contributed by atoms with van der Waals surface area (Å²) in [7, 11) is 0. The molecule has 1 heterocycles. The highest BCUT2D eigenvalue weighted by Gasteiger charge is 2.19. The third kappa shape index (κ3) is 5.31. The number of carbonyl (C=O) groups excluding carboxylic acids is 1. The second-order valence-corrected chi connectivity index (χ2v) is 6.94. The molecule has 3 rings (SSSR count). The van der Waals surface area contributed by atoms with Crippen LogP contribution in [0.4, 0.5) is 0 Å². The Morgan fingerprint density at radius 1 is 1.26 bits per heavy atom. The van der Waals surface area contributed by atoms with Crippen LogP contribution in [0.1, 0.15) is 25.3 Å². The first-order valence-corrected chi connectivity index (χ1v) is 9.65. The molecule has 2 aromatic carbocycles. The number of nitrogens with one attached hydrogen (secondary N) is 1. The second kappa shape index (κ2) is 9.53. The van der Waals surface area contributed by atoms with E-state index < -0.39 is 6.10 Å². The van der Waals surface area contributed by atoms with Gasteiger partial charge in [-0.1, -0.05) is 55.8 Å². The molecule has 1 amide bonds. The van der Waals surface area contributed by atoms with Crippen LogP contribution >= 0.6 is 0 Å². The van der Waals surface area contributed by atoms with Gasteiger partial charge in [0.1, 0.15) is 18.5 Å². The van der Waals surface area contributed by atoms with Gasteiger partial charge in [-0.15, -0.1) is 0 Å². The predicted molar refractivity (Wildman–Crippen MR) is 109 cm³/mol. The summed E-state index contributed by atoms with van der Waals surface area (Å²) in [6.07, 6.45) is 5.91. The summed E-state index contributed by atoms with van der Waals surface area (Å²) >= 11 is 0. The Labute approximate surface area is 160 Å². The quantitative estimate of drug-likeness (QED) is 0.752. The molecule has 1 atom stereocenters. The molecule has 5 nitrogen and oxygen atoms in total. The molecule has 27 heavy (non-hydrogen) atoms. The fourth-order valence-corrected chi connectivity index (χ4v) is 3.33. The minimum absolute atomic E-state index is 0.00655. The highest BCUT2D eigenvalue weighted by Crippen LogP contribution is 2.29. The van der Waals surface area contributed by atoms with E-state index in [1.807, 2.05) is 29.2 Å². The third-order valence-electron chi connectivity index (χ3n) is 4.69. The van der Waals surface area contributed by atoms with Crippen molar-refractivity contribution in [3.8, 4) is 5.75 Å². The Hall–Kier alpha value is -2.37. The number of rotatable bonds is 8. The zero-order chi connectivity index (χ0) is 19.1. The van der Waals surface area contributed by atoms with Crippen LogP contribution in [0.3, 0.4) is 0 Å². The van der Waals surface area contributed by atoms with Crippen molar-refractivity contribution in [3.05, 3.63) is 48.0 Å². The molecule has 1 fully saturated rings. The number of allylic oxidation sites excluding steroid dienone is 1. The van der Waals surface area contributed by atoms with Crippen molar-refractivity contribution in [1.82, 2.24) is 10.2 Å². The predicted octanol–water partition coefficient (Wildman–Crippen LogP) is 2.82. The standard InChI is InChI=1S/C22H28N2O3/c1-2-3-4-7-17-10-11-21(20-9-6-5-8-19(17)20)27-16-18(25)14-24-13-12-23-22(26)15-24/h4-11,18,25H,2-3,12-16H2,1H3,(H,23,26)/b7-4+. The molecule has 1 aliphatic heterocycles. The molecule has 5 heteroatoms. The first-order valence-electron chi connectivity index (χ1n) is 9.65. The average molecular weight is 368 g/mol. The zero-order valence-corrected chi connectivity index (χ0v) is 15.9. The van der Waals surface area contributed by atoms with E-state index in [0.717, 1.165) is 35.9 Å². The number of β-amino-alcohol motifs (C(OH)–C–C–N with tert-alkyl or cyclic N) is 1. The normalized spacial score (nSPS) is 16.6. The number of nitrogens with zero attached hydrogens (tertiary/aromatic N) is 1. The molecule has 1 saturated heterocycles. The molecule has 0 aliphatic carbocycles. The van der Waals surface area contributed by atoms with Gasteiger partial charge in [-0.3, -0.25) is 9.69 Å². The molecule has 2 aromatic rings. The summed E-state index contributed by atoms with van der Waals surface area (Å²) in [5.74, 6) is 0.778. The van der Waals surface area contributed by atoms with Gasteiger partial charge in [0.25, 0.3) is 0 Å². The van der Waals surface area contributed by atoms with E-state index in [4.69, 9.17) is 4.74 Å². The summed E-state index contributed by atoms with van der Waals surface area (Å²) in [6, 6.07) is 12.2. The van der Waals surface area contributed by atoms with Gasteiger partial charge in [0, 0.05) is 25.0 Å². The molecule has 144 valence electrons. The number of amides is 1. The number of piperazine rings is 1. The van der Waals surface area contributed by atoms with Crippen LogP contribution < -0.4 is 10.1 Å². The van der Waals surface area contributed by atoms with Gasteiger partial charge in [0.15, 0.2) is 0 Å². The maximum absolute atomic E-state index is 11.4. The van der Waals surface area contributed by atoms with Crippen LogP contribution in [0.5, 0.6) is 5.75 Å². The van der Waals surface area contributed by atoms with E-state index in [0.29, 0.717) is 19.6 Å². The van der Waals surface area contributed by atoms with Crippen LogP contribution in [0.2, 0.25) is 0 Å². The molecule has 2 N–H and O–H groups in total. The van der Waals surface area contributed by atoms with Gasteiger partial charge in [-0.2, -0.15) is 0 Å². The molecule has 0 bridgehead atoms. The van der Waals surface area contributed by atoms with Gasteiger partial charge >= 0.3 is 0 Å². The molecular weight excluding hydrogens is 340 g/mol. The van der Waals surface area contributed by atoms with Crippen molar-refractivity contribution in [3.63, 3.8) is 0 Å². The van der Waals surface area contributed by atoms with Crippen molar-refractivity contribution in [2.24, 2.45) is 0 Å². The Bertz CT molecular complexity index is 803. The monoisotopic (exact) mass is 368 g/mol. The van der Waals surface area contributed by atoms with Crippen molar-refractivity contribution in [1.29, 1.82) is 0 Å². The minimum Gasteiger partial charge on any atom is -0.490 e. The van der Waals surface area contributed by atoms with E-state index in [-0.39, 0.29) is 12.5 Å². The highest BCUT2D eigenvalue weighted by atomic mass is 16.5. The van der Waals surface area contributed by atoms with Crippen LogP contribution in [-0.2, 0) is 4.79 Å². The smallest absolute Gasteiger partial charge is 0.234 e. The molecule has 0 radical (unpaired) electrons. The molecule has 0 aromatic heterocycles. The number of benzene rings is 2. The lowest BCUT2D eigenvalue weighted by Gasteiger charge is -2.28. The van der Waals surface area contributed by atoms with Crippen molar-refractivity contribution in [2.45, 2.75) is 25.9 Å². The number of ether oxygens (including phenoxy) is 1. The number of hydrogen-bond acceptors (Lipinski definition) is 4. The maximum atomic E-state index is 11.4. The van der Waals surface area contributed by atoms with Crippen molar-refractivity contribution >= 4 is 22.8 Å². The summed E-state index contributed by atoms with van der Waals surface area (Å²) in [5.41, 5.74) is 1.17. The number of fused-ring (bicyclic) bond motifs is 1. The maximum Gasteiger partial charge on any atom is 0.234 e. The Balaban J connectivity index is 1.66. The summed E-state index contributed by atoms with van der Waals surface area (Å²) < 4.78 is 5.93. The lowest BCUT2D eigenvalue weighted by atomic mass is 10.0. The van der Waals surface area contributed by atoms with Crippen molar-refractivity contribution in [2.75, 3.05) is 32.8 Å². The molecular formula is C22H28N2O3. The van der Waals surface area contributed by atoms with Gasteiger partial charge < -0.3 is 15.2 Å². The Kier molecular flexibility index (Phi) is 6.85. The van der Waals surface area contributed by atoms with E-state index in [1.54, 1.807) is 0 Å². The Morgan fingerprint density at radius 3 is 2.85 bits per heavy atom. The Morgan fingerprint density at radius 2 is 2.07 bits per heavy atom. The van der Waals surface area contributed by atoms with Gasteiger partial charge in [0.05, 0.1) is 6.54 Å². The lowest BCUT2D eigenvalue weighted by molar-refractivity contribution is -0.124. The third-order valence-corrected chi connectivity index (χ3v) is 4.69. The first kappa shape index (κ1) is 19.4. The van der Waals surface area contributed by atoms with E-state index >= 15 is 0 Å². The number of aliphatic hydroxyl groups excluding tert-OH is 1. The first-order chi connectivity index (χ1) is 13.2. The summed E-state index contributed by atoms with van der Waals surface area (Å²) in [6.45, 7) is 4.52. The van der Waals surface area contributed by atoms with Gasteiger partial charge in [0.2, 0.25) is 5.91 Å². The van der Waals surface area contributed by atoms with Crippen LogP contribution in [0, 0.1) is 0 Å². The molecule has 0 spiro atoms. The zero-order valence-electron chi connectivity index (χ0n) is 15.9. The van der Waals surface area contributed by atoms with E-state index in [2.05, 4.69) is 36.5 Å². The van der Waals surface area contributed by atoms with Crippen LogP contribution in [0.15, 0.2) is 42.5 Å². The summed E-state index contributed by atoms with van der Waals surface area (Å²) in [5, 5.41) is 15.3. The fourth-order valence-electron chi connectivity index (χ4n) is 3.33. The molecule has 1 aliphatic rings. The van der Waals surface area contributed by atoms with Gasteiger partial charge in [-0.05, 0) is 23.4 Å². The summed E-state index contributed by atoms with van der Waals surface area (Å²) in [4.78, 5) is 13.4. The lowest BCUT2D eigenvalue weighted by Crippen LogP contribution is -2.50. The average Bonchev–Trinajstić information content (AvgIpc) is 2.67. The second-order valence-electron chi connectivity index (χ2n) is 6.94. The van der Waals surface area contributed by atoms with Gasteiger partial charge in [-0.25, -0.2) is 0 Å². The largest absolute Gasteiger partial charge is 0.490 e. The minimum atomic E-state index is -0.640. The number of aliphatic hydroxyl groups is 1. The molecule has 0 saturated carbocycles. The van der Waals surface area contributed by atoms with E-state index in [1.165, 1.54) is 5.56 Å². The fraction of sp³-hybridized carbons (Fsp3) is 0.409. The topological polar surface area (TPSA) is 61.8 Å². The van der Waals surface area contributed by atoms with Crippen molar-refractivity contribution < 1.29 is 14.6 Å². The number of carbonyl (C=O) groups is 1. The number of unbranched alkanes of at least 4 members (excludes halogenated alkanes) is 1.